The summed E-state index contributed by atoms with van der Waals surface area (Å²) < 4.78 is 2.35. The monoisotopic (exact) mass is 274 g/mol. The molecule has 2 N–H and O–H groups in total. The Kier molecular flexibility index (Phi) is 4.76. The van der Waals surface area contributed by atoms with Gasteiger partial charge in [-0.3, -0.25) is 4.98 Å². The van der Waals surface area contributed by atoms with Gasteiger partial charge in [0.15, 0.2) is 0 Å². The van der Waals surface area contributed by atoms with Crippen LogP contribution < -0.4 is 5.73 Å². The Morgan fingerprint density at radius 2 is 1.90 bits per heavy atom. The van der Waals surface area contributed by atoms with Crippen LogP contribution in [0.2, 0.25) is 0 Å². The maximum atomic E-state index is 5.53. The maximum Gasteiger partial charge on any atom is 0.110 e. The molecule has 0 unspecified atom stereocenters. The summed E-state index contributed by atoms with van der Waals surface area (Å²) in [6.07, 6.45) is 9.46. The van der Waals surface area contributed by atoms with Crippen LogP contribution in [0.5, 0.6) is 0 Å². The molecule has 0 aliphatic rings. The molecule has 4 heteroatoms. The van der Waals surface area contributed by atoms with Crippen LogP contribution in [0.3, 0.4) is 0 Å². The molecule has 0 bridgehead atoms. The van der Waals surface area contributed by atoms with Crippen molar-refractivity contribution in [2.24, 2.45) is 5.73 Å². The molecule has 0 saturated heterocycles. The number of unbranched alkanes of at least 4 members (excludes halogenated alkanes) is 3. The average molecular weight is 274 g/mol. The first-order chi connectivity index (χ1) is 9.54. The zero-order valence-corrected chi connectivity index (χ0v) is 12.9. The van der Waals surface area contributed by atoms with Crippen molar-refractivity contribution in [3.05, 3.63) is 24.3 Å². The van der Waals surface area contributed by atoms with Crippen LogP contribution in [0.25, 0.3) is 11.0 Å². The van der Waals surface area contributed by atoms with E-state index in [1.165, 1.54) is 30.6 Å². The number of rotatable bonds is 6. The summed E-state index contributed by atoms with van der Waals surface area (Å²) in [6, 6.07) is 2.06. The van der Waals surface area contributed by atoms with E-state index in [1.54, 1.807) is 0 Å². The summed E-state index contributed by atoms with van der Waals surface area (Å²) in [6.45, 7) is 7.48. The van der Waals surface area contributed by atoms with Crippen molar-refractivity contribution in [2.75, 3.05) is 6.54 Å². The number of nitrogens with two attached hydrogens (primary N) is 1. The van der Waals surface area contributed by atoms with E-state index in [9.17, 15) is 0 Å². The van der Waals surface area contributed by atoms with E-state index in [1.807, 2.05) is 12.4 Å². The number of pyridine rings is 1. The Bertz CT molecular complexity index is 551. The van der Waals surface area contributed by atoms with Gasteiger partial charge < -0.3 is 10.3 Å². The maximum absolute atomic E-state index is 5.53. The van der Waals surface area contributed by atoms with Gasteiger partial charge in [-0.05, 0) is 46.2 Å². The van der Waals surface area contributed by atoms with Crippen LogP contribution in [0.4, 0.5) is 0 Å². The highest BCUT2D eigenvalue weighted by molar-refractivity contribution is 5.75. The van der Waals surface area contributed by atoms with Crippen molar-refractivity contribution >= 4 is 11.0 Å². The van der Waals surface area contributed by atoms with E-state index >= 15 is 0 Å². The molecule has 0 atom stereocenters. The topological polar surface area (TPSA) is 56.7 Å². The van der Waals surface area contributed by atoms with Gasteiger partial charge in [0.05, 0.1) is 11.7 Å². The van der Waals surface area contributed by atoms with E-state index in [4.69, 9.17) is 10.7 Å². The van der Waals surface area contributed by atoms with E-state index < -0.39 is 0 Å². The fraction of sp³-hybridized carbons (Fsp3) is 0.625. The number of aromatic nitrogens is 3. The van der Waals surface area contributed by atoms with Gasteiger partial charge in [0.1, 0.15) is 11.3 Å². The summed E-state index contributed by atoms with van der Waals surface area (Å²) in [7, 11) is 0. The van der Waals surface area contributed by atoms with Crippen molar-refractivity contribution in [2.45, 2.75) is 58.4 Å². The van der Waals surface area contributed by atoms with E-state index in [0.29, 0.717) is 0 Å². The van der Waals surface area contributed by atoms with Gasteiger partial charge in [0.25, 0.3) is 0 Å². The third-order valence-corrected chi connectivity index (χ3v) is 3.55. The first-order valence-corrected chi connectivity index (χ1v) is 7.56. The number of fused-ring (bicyclic) bond motifs is 1. The SMILES string of the molecule is CC(C)(C)n1c(CCCCCCN)nc2cnccc21. The summed E-state index contributed by atoms with van der Waals surface area (Å²) in [5.74, 6) is 1.17. The smallest absolute Gasteiger partial charge is 0.110 e. The molecule has 0 radical (unpaired) electrons. The summed E-state index contributed by atoms with van der Waals surface area (Å²) >= 11 is 0. The van der Waals surface area contributed by atoms with Gasteiger partial charge in [-0.25, -0.2) is 4.98 Å². The Labute approximate surface area is 121 Å². The predicted molar refractivity (Wildman–Crippen MR) is 83.8 cm³/mol. The molecule has 0 spiro atoms. The summed E-state index contributed by atoms with van der Waals surface area (Å²) in [5, 5.41) is 0. The zero-order chi connectivity index (χ0) is 14.6. The average Bonchev–Trinajstić information content (AvgIpc) is 2.76. The van der Waals surface area contributed by atoms with Gasteiger partial charge in [-0.15, -0.1) is 0 Å². The Balaban J connectivity index is 2.19. The summed E-state index contributed by atoms with van der Waals surface area (Å²) in [4.78, 5) is 8.95. The van der Waals surface area contributed by atoms with Crippen molar-refractivity contribution in [3.63, 3.8) is 0 Å². The largest absolute Gasteiger partial charge is 0.330 e. The van der Waals surface area contributed by atoms with Gasteiger partial charge in [0.2, 0.25) is 0 Å². The van der Waals surface area contributed by atoms with Gasteiger partial charge in [-0.2, -0.15) is 0 Å². The van der Waals surface area contributed by atoms with Gasteiger partial charge in [-0.1, -0.05) is 12.8 Å². The Morgan fingerprint density at radius 3 is 2.60 bits per heavy atom. The lowest BCUT2D eigenvalue weighted by Crippen LogP contribution is -2.24. The Morgan fingerprint density at radius 1 is 1.15 bits per heavy atom. The van der Waals surface area contributed by atoms with Crippen LogP contribution in [0.1, 0.15) is 52.3 Å². The number of hydrogen-bond acceptors (Lipinski definition) is 3. The highest BCUT2D eigenvalue weighted by atomic mass is 15.1. The first-order valence-electron chi connectivity index (χ1n) is 7.56. The molecular weight excluding hydrogens is 248 g/mol. The van der Waals surface area contributed by atoms with E-state index in [2.05, 4.69) is 36.4 Å². The number of aryl methyl sites for hydroxylation is 1. The second kappa shape index (κ2) is 6.35. The number of hydrogen-bond donors (Lipinski definition) is 1. The molecule has 2 aromatic heterocycles. The minimum absolute atomic E-state index is 0.0443. The second-order valence-corrected chi connectivity index (χ2v) is 6.35. The van der Waals surface area contributed by atoms with E-state index in [-0.39, 0.29) is 5.54 Å². The molecule has 0 aliphatic heterocycles. The van der Waals surface area contributed by atoms with Crippen LogP contribution in [-0.4, -0.2) is 21.1 Å². The molecule has 0 aromatic carbocycles. The Hall–Kier alpha value is -1.42. The molecule has 0 amide bonds. The fourth-order valence-electron chi connectivity index (χ4n) is 2.68. The molecule has 2 heterocycles. The lowest BCUT2D eigenvalue weighted by molar-refractivity contribution is 0.391. The molecular formula is C16H26N4. The van der Waals surface area contributed by atoms with Crippen molar-refractivity contribution in [3.8, 4) is 0 Å². The third-order valence-electron chi connectivity index (χ3n) is 3.55. The van der Waals surface area contributed by atoms with Crippen LogP contribution in [0.15, 0.2) is 18.5 Å². The minimum atomic E-state index is 0.0443. The van der Waals surface area contributed by atoms with Crippen LogP contribution >= 0.6 is 0 Å². The van der Waals surface area contributed by atoms with Crippen molar-refractivity contribution < 1.29 is 0 Å². The summed E-state index contributed by atoms with van der Waals surface area (Å²) in [5.41, 5.74) is 7.76. The second-order valence-electron chi connectivity index (χ2n) is 6.35. The van der Waals surface area contributed by atoms with Gasteiger partial charge >= 0.3 is 0 Å². The zero-order valence-electron chi connectivity index (χ0n) is 12.9. The van der Waals surface area contributed by atoms with Gasteiger partial charge in [0, 0.05) is 18.2 Å². The molecule has 2 rings (SSSR count). The number of imidazole rings is 1. The third kappa shape index (κ3) is 3.37. The molecule has 20 heavy (non-hydrogen) atoms. The molecule has 0 fully saturated rings. The molecule has 110 valence electrons. The minimum Gasteiger partial charge on any atom is -0.330 e. The van der Waals surface area contributed by atoms with Crippen molar-refractivity contribution in [1.82, 2.24) is 14.5 Å². The molecule has 2 aromatic rings. The predicted octanol–water partition coefficient (Wildman–Crippen LogP) is 3.25. The highest BCUT2D eigenvalue weighted by Crippen LogP contribution is 2.25. The quantitative estimate of drug-likeness (QED) is 0.823. The highest BCUT2D eigenvalue weighted by Gasteiger charge is 2.20. The molecule has 4 nitrogen and oxygen atoms in total. The van der Waals surface area contributed by atoms with Crippen LogP contribution in [0, 0.1) is 0 Å². The number of nitrogens with zero attached hydrogens (tertiary/aromatic N) is 3. The standard InChI is InChI=1S/C16H26N4/c1-16(2,3)20-14-9-11-18-12-13(14)19-15(20)8-6-4-5-7-10-17/h9,11-12H,4-8,10,17H2,1-3H3. The normalized spacial score (nSPS) is 12.2. The molecule has 0 aliphatic carbocycles. The fourth-order valence-corrected chi connectivity index (χ4v) is 2.68. The van der Waals surface area contributed by atoms with Crippen molar-refractivity contribution in [1.29, 1.82) is 0 Å². The van der Waals surface area contributed by atoms with E-state index in [0.717, 1.165) is 24.9 Å². The lowest BCUT2D eigenvalue weighted by Gasteiger charge is -2.24. The molecule has 0 saturated carbocycles. The first kappa shape index (κ1) is 15.0. The lowest BCUT2D eigenvalue weighted by atomic mass is 10.1. The van der Waals surface area contributed by atoms with Crippen LogP contribution in [-0.2, 0) is 12.0 Å².